The van der Waals surface area contributed by atoms with Gasteiger partial charge < -0.3 is 5.32 Å². The molecule has 2 unspecified atom stereocenters. The van der Waals surface area contributed by atoms with Gasteiger partial charge in [0.2, 0.25) is 5.91 Å². The van der Waals surface area contributed by atoms with Crippen molar-refractivity contribution in [2.24, 2.45) is 17.3 Å². The second-order valence-corrected chi connectivity index (χ2v) is 12.4. The first-order valence-corrected chi connectivity index (χ1v) is 14.1. The molecule has 2 fully saturated rings. The third-order valence-electron chi connectivity index (χ3n) is 9.34. The summed E-state index contributed by atoms with van der Waals surface area (Å²) in [5.41, 5.74) is 1.30. The van der Waals surface area contributed by atoms with E-state index in [0.29, 0.717) is 23.9 Å². The Morgan fingerprint density at radius 1 is 1.15 bits per heavy atom. The van der Waals surface area contributed by atoms with Gasteiger partial charge in [0.1, 0.15) is 5.82 Å². The van der Waals surface area contributed by atoms with Crippen LogP contribution in [-0.2, 0) is 22.9 Å². The SMILES string of the molecule is CC(C)CC1(C(=O)NCc2cc(F)cc(C(F)(F)F)c2)CCC(N2CC[C@@]3(C=Cc4ccccc43)[C@@H](C)C2)C1. The Kier molecular flexibility index (Phi) is 7.42. The van der Waals surface area contributed by atoms with Crippen LogP contribution in [0.5, 0.6) is 0 Å². The summed E-state index contributed by atoms with van der Waals surface area (Å²) in [5.74, 6) is -0.352. The lowest BCUT2D eigenvalue weighted by atomic mass is 9.67. The van der Waals surface area contributed by atoms with Crippen LogP contribution in [0.2, 0.25) is 0 Å². The van der Waals surface area contributed by atoms with Crippen LogP contribution < -0.4 is 5.32 Å². The Hall–Kier alpha value is -2.67. The lowest BCUT2D eigenvalue weighted by molar-refractivity contribution is -0.137. The van der Waals surface area contributed by atoms with Gasteiger partial charge in [0, 0.05) is 24.5 Å². The van der Waals surface area contributed by atoms with Crippen LogP contribution in [0.4, 0.5) is 17.6 Å². The number of hydrogen-bond donors (Lipinski definition) is 1. The molecular weight excluding hydrogens is 504 g/mol. The minimum Gasteiger partial charge on any atom is -0.352 e. The first-order chi connectivity index (χ1) is 18.4. The molecule has 3 aliphatic rings. The molecule has 2 aliphatic carbocycles. The number of hydrogen-bond acceptors (Lipinski definition) is 2. The summed E-state index contributed by atoms with van der Waals surface area (Å²) in [7, 11) is 0. The Labute approximate surface area is 228 Å². The van der Waals surface area contributed by atoms with Crippen molar-refractivity contribution in [1.29, 1.82) is 0 Å². The number of nitrogens with one attached hydrogen (secondary N) is 1. The fourth-order valence-electron chi connectivity index (χ4n) is 7.52. The van der Waals surface area contributed by atoms with Crippen LogP contribution in [0, 0.1) is 23.1 Å². The van der Waals surface area contributed by atoms with Crippen LogP contribution in [0.25, 0.3) is 6.08 Å². The number of piperidine rings is 1. The van der Waals surface area contributed by atoms with E-state index in [1.807, 2.05) is 0 Å². The van der Waals surface area contributed by atoms with E-state index >= 15 is 0 Å². The maximum absolute atomic E-state index is 13.9. The first kappa shape index (κ1) is 27.9. The first-order valence-electron chi connectivity index (χ1n) is 14.1. The Morgan fingerprint density at radius 3 is 2.64 bits per heavy atom. The summed E-state index contributed by atoms with van der Waals surface area (Å²) in [6.45, 7) is 8.33. The van der Waals surface area contributed by atoms with Gasteiger partial charge in [-0.25, -0.2) is 4.39 Å². The lowest BCUT2D eigenvalue weighted by Crippen LogP contribution is -2.51. The number of alkyl halides is 3. The molecule has 3 nitrogen and oxygen atoms in total. The predicted octanol–water partition coefficient (Wildman–Crippen LogP) is 7.35. The number of carbonyl (C=O) groups is 1. The fourth-order valence-corrected chi connectivity index (χ4v) is 7.52. The van der Waals surface area contributed by atoms with E-state index in [0.717, 1.165) is 57.3 Å². The van der Waals surface area contributed by atoms with Crippen molar-refractivity contribution in [1.82, 2.24) is 10.2 Å². The van der Waals surface area contributed by atoms with Gasteiger partial charge in [-0.05, 0) is 85.4 Å². The number of halogens is 4. The highest BCUT2D eigenvalue weighted by Crippen LogP contribution is 2.50. The zero-order valence-corrected chi connectivity index (χ0v) is 23.0. The van der Waals surface area contributed by atoms with Crippen molar-refractivity contribution in [2.45, 2.75) is 77.1 Å². The molecule has 1 saturated carbocycles. The van der Waals surface area contributed by atoms with E-state index in [9.17, 15) is 22.4 Å². The minimum atomic E-state index is -4.64. The van der Waals surface area contributed by atoms with E-state index in [1.54, 1.807) is 0 Å². The number of amides is 1. The average molecular weight is 543 g/mol. The molecule has 39 heavy (non-hydrogen) atoms. The molecule has 1 amide bonds. The Morgan fingerprint density at radius 2 is 1.92 bits per heavy atom. The number of carbonyl (C=O) groups excluding carboxylic acids is 1. The van der Waals surface area contributed by atoms with Gasteiger partial charge in [-0.2, -0.15) is 13.2 Å². The second kappa shape index (κ2) is 10.4. The van der Waals surface area contributed by atoms with Crippen molar-refractivity contribution in [2.75, 3.05) is 13.1 Å². The van der Waals surface area contributed by atoms with E-state index in [1.165, 1.54) is 11.1 Å². The molecular formula is C32H38F4N2O. The van der Waals surface area contributed by atoms with Crippen molar-refractivity contribution in [3.8, 4) is 0 Å². The zero-order valence-electron chi connectivity index (χ0n) is 23.0. The summed E-state index contributed by atoms with van der Waals surface area (Å²) in [5, 5.41) is 2.88. The maximum Gasteiger partial charge on any atom is 0.416 e. The molecule has 7 heteroatoms. The van der Waals surface area contributed by atoms with Crippen molar-refractivity contribution in [3.63, 3.8) is 0 Å². The lowest BCUT2D eigenvalue weighted by Gasteiger charge is -2.46. The van der Waals surface area contributed by atoms with Gasteiger partial charge in [-0.3, -0.25) is 9.69 Å². The number of fused-ring (bicyclic) bond motifs is 2. The number of likely N-dealkylation sites (tertiary alicyclic amines) is 1. The molecule has 0 bridgehead atoms. The largest absolute Gasteiger partial charge is 0.416 e. The number of benzene rings is 2. The average Bonchev–Trinajstić information content (AvgIpc) is 3.47. The molecule has 1 aliphatic heterocycles. The molecule has 1 saturated heterocycles. The fraction of sp³-hybridized carbons (Fsp3) is 0.531. The van der Waals surface area contributed by atoms with Crippen LogP contribution >= 0.6 is 0 Å². The molecule has 5 rings (SSSR count). The summed E-state index contributed by atoms with van der Waals surface area (Å²) in [6.07, 6.45) is 4.17. The molecule has 0 radical (unpaired) electrons. The number of rotatable bonds is 6. The Bertz CT molecular complexity index is 1250. The summed E-state index contributed by atoms with van der Waals surface area (Å²) >= 11 is 0. The van der Waals surface area contributed by atoms with Gasteiger partial charge in [-0.15, -0.1) is 0 Å². The molecule has 1 spiro atoms. The molecule has 1 heterocycles. The smallest absolute Gasteiger partial charge is 0.352 e. The van der Waals surface area contributed by atoms with E-state index in [-0.39, 0.29) is 23.4 Å². The van der Waals surface area contributed by atoms with Gasteiger partial charge in [-0.1, -0.05) is 57.2 Å². The van der Waals surface area contributed by atoms with Gasteiger partial charge >= 0.3 is 6.18 Å². The minimum absolute atomic E-state index is 0.0678. The van der Waals surface area contributed by atoms with Gasteiger partial charge in [0.25, 0.3) is 0 Å². The van der Waals surface area contributed by atoms with Crippen LogP contribution in [0.3, 0.4) is 0 Å². The number of nitrogens with zero attached hydrogens (tertiary/aromatic N) is 1. The van der Waals surface area contributed by atoms with Gasteiger partial charge in [0.05, 0.1) is 11.0 Å². The van der Waals surface area contributed by atoms with Crippen molar-refractivity contribution >= 4 is 12.0 Å². The van der Waals surface area contributed by atoms with Gasteiger partial charge in [0.15, 0.2) is 0 Å². The predicted molar refractivity (Wildman–Crippen MR) is 145 cm³/mol. The normalized spacial score (nSPS) is 28.8. The van der Waals surface area contributed by atoms with E-state index in [2.05, 4.69) is 67.4 Å². The topological polar surface area (TPSA) is 32.3 Å². The van der Waals surface area contributed by atoms with Crippen LogP contribution in [-0.4, -0.2) is 29.9 Å². The highest BCUT2D eigenvalue weighted by atomic mass is 19.4. The third kappa shape index (κ3) is 5.39. The van der Waals surface area contributed by atoms with E-state index in [4.69, 9.17) is 0 Å². The van der Waals surface area contributed by atoms with E-state index < -0.39 is 23.0 Å². The standard InChI is InChI=1S/C32H38F4N2O/c1-21(2)17-30(29(39)37-19-23-14-25(32(34,35)36)16-26(33)15-23)10-9-27(18-30)38-13-12-31(22(3)20-38)11-8-24-6-4-5-7-28(24)31/h4-8,11,14-16,21-22,27H,9-10,12-13,17-20H2,1-3H3,(H,37,39)/t22-,27?,30?,31-/m0/s1. The van der Waals surface area contributed by atoms with Crippen LogP contribution in [0.15, 0.2) is 48.5 Å². The molecule has 1 N–H and O–H groups in total. The van der Waals surface area contributed by atoms with Crippen molar-refractivity contribution < 1.29 is 22.4 Å². The highest BCUT2D eigenvalue weighted by molar-refractivity contribution is 5.83. The second-order valence-electron chi connectivity index (χ2n) is 12.4. The molecule has 210 valence electrons. The molecule has 4 atom stereocenters. The highest BCUT2D eigenvalue weighted by Gasteiger charge is 2.50. The molecule has 2 aromatic rings. The monoisotopic (exact) mass is 542 g/mol. The summed E-state index contributed by atoms with van der Waals surface area (Å²) in [4.78, 5) is 16.2. The Balaban J connectivity index is 1.27. The quantitative estimate of drug-likeness (QED) is 0.387. The third-order valence-corrected chi connectivity index (χ3v) is 9.34. The van der Waals surface area contributed by atoms with Crippen LogP contribution in [0.1, 0.15) is 75.1 Å². The maximum atomic E-state index is 13.9. The van der Waals surface area contributed by atoms with Crippen molar-refractivity contribution in [3.05, 3.63) is 76.6 Å². The number of allylic oxidation sites excluding steroid dienone is 1. The zero-order chi connectivity index (χ0) is 28.0. The molecule has 0 aromatic heterocycles. The summed E-state index contributed by atoms with van der Waals surface area (Å²) < 4.78 is 53.3. The summed E-state index contributed by atoms with van der Waals surface area (Å²) in [6, 6.07) is 11.4. The molecule has 2 aromatic carbocycles.